The number of amides is 1. The van der Waals surface area contributed by atoms with Crippen LogP contribution in [0.4, 0.5) is 0 Å². The summed E-state index contributed by atoms with van der Waals surface area (Å²) in [5.41, 5.74) is 3.61. The molecular weight excluding hydrogens is 522 g/mol. The predicted molar refractivity (Wildman–Crippen MR) is 159 cm³/mol. The molecule has 0 atom stereocenters. The fourth-order valence-corrected chi connectivity index (χ4v) is 5.55. The van der Waals surface area contributed by atoms with Crippen LogP contribution in [0.3, 0.4) is 0 Å². The van der Waals surface area contributed by atoms with Gasteiger partial charge in [0.2, 0.25) is 5.91 Å². The van der Waals surface area contributed by atoms with Crippen molar-refractivity contribution < 1.29 is 23.5 Å². The molecule has 3 aliphatic carbocycles. The van der Waals surface area contributed by atoms with E-state index in [1.54, 1.807) is 45.2 Å². The first kappa shape index (κ1) is 30.0. The summed E-state index contributed by atoms with van der Waals surface area (Å²) in [7, 11) is 4.12. The minimum absolute atomic E-state index is 0.0769. The first-order valence-corrected chi connectivity index (χ1v) is 13.8. The molecule has 1 aromatic carbocycles. The Kier molecular flexibility index (Phi) is 9.25. The highest BCUT2D eigenvalue weighted by molar-refractivity contribution is 5.98. The highest BCUT2D eigenvalue weighted by atomic mass is 16.5. The lowest BCUT2D eigenvalue weighted by Gasteiger charge is -2.61. The number of likely N-dealkylation sites (N-methyl/N-ethyl adjacent to an activating group) is 1. The van der Waals surface area contributed by atoms with E-state index in [1.165, 1.54) is 25.3 Å². The van der Waals surface area contributed by atoms with Gasteiger partial charge < -0.3 is 35.1 Å². The molecule has 0 unspecified atom stereocenters. The number of hydrogen-bond acceptors (Lipinski definition) is 8. The molecule has 1 amide bonds. The second-order valence-electron chi connectivity index (χ2n) is 11.1. The number of carbonyl (C=O) groups excluding carboxylic acids is 3. The van der Waals surface area contributed by atoms with Gasteiger partial charge in [-0.05, 0) is 70.8 Å². The molecule has 41 heavy (non-hydrogen) atoms. The zero-order chi connectivity index (χ0) is 29.7. The Labute approximate surface area is 240 Å². The zero-order valence-electron chi connectivity index (χ0n) is 24.3. The molecule has 7 rings (SSSR count). The standard InChI is InChI=1S/C19H16N2O4.C6H12N2O.C6H11N/c1-11-13(9-22)8-21-19(11)17(5-6-20)25-14-3-4-15-16(10-23)12(2)24-18(15)7-14;1-5(9)7-6-3-8(2)4-6;1-7-6-2-5(3-6)4-6/h3-10,20-21H,1-2H3;6H,3-4H2,1-2H3,(H,7,9);5,7H,2-4H2,1H3/b17-5+,20-6?;;. The van der Waals surface area contributed by atoms with E-state index in [4.69, 9.17) is 14.6 Å². The molecule has 10 heteroatoms. The van der Waals surface area contributed by atoms with Gasteiger partial charge in [-0.1, -0.05) is 0 Å². The summed E-state index contributed by atoms with van der Waals surface area (Å²) in [5.74, 6) is 2.64. The Morgan fingerprint density at radius 2 is 1.90 bits per heavy atom. The lowest BCUT2D eigenvalue weighted by molar-refractivity contribution is -0.120. The molecule has 3 aromatic rings. The molecule has 1 saturated heterocycles. The van der Waals surface area contributed by atoms with Crippen molar-refractivity contribution in [2.45, 2.75) is 51.6 Å². The summed E-state index contributed by atoms with van der Waals surface area (Å²) in [4.78, 5) is 37.8. The second-order valence-corrected chi connectivity index (χ2v) is 11.1. The Morgan fingerprint density at radius 3 is 2.37 bits per heavy atom. The van der Waals surface area contributed by atoms with Crippen molar-refractivity contribution in [2.24, 2.45) is 5.92 Å². The molecule has 3 saturated carbocycles. The van der Waals surface area contributed by atoms with E-state index in [2.05, 4.69) is 27.6 Å². The van der Waals surface area contributed by atoms with Crippen LogP contribution in [0.15, 0.2) is 34.9 Å². The van der Waals surface area contributed by atoms with Crippen molar-refractivity contribution in [2.75, 3.05) is 27.2 Å². The fraction of sp³-hybridized carbons (Fsp3) is 0.419. The van der Waals surface area contributed by atoms with Crippen molar-refractivity contribution in [3.8, 4) is 5.75 Å². The lowest BCUT2D eigenvalue weighted by atomic mass is 9.50. The number of nitrogens with one attached hydrogen (secondary N) is 4. The highest BCUT2D eigenvalue weighted by Gasteiger charge is 2.55. The van der Waals surface area contributed by atoms with Crippen LogP contribution < -0.4 is 15.4 Å². The van der Waals surface area contributed by atoms with E-state index in [0.717, 1.165) is 48.7 Å². The molecule has 4 N–H and O–H groups in total. The fourth-order valence-electron chi connectivity index (χ4n) is 5.55. The van der Waals surface area contributed by atoms with Gasteiger partial charge in [0.1, 0.15) is 17.1 Å². The summed E-state index contributed by atoms with van der Waals surface area (Å²) >= 11 is 0. The van der Waals surface area contributed by atoms with E-state index in [1.807, 2.05) is 7.05 Å². The Hall–Kier alpha value is -4.02. The molecule has 0 spiro atoms. The maximum Gasteiger partial charge on any atom is 0.217 e. The van der Waals surface area contributed by atoms with Gasteiger partial charge in [0.25, 0.3) is 0 Å². The Morgan fingerprint density at radius 1 is 1.20 bits per heavy atom. The van der Waals surface area contributed by atoms with Crippen molar-refractivity contribution >= 4 is 41.4 Å². The number of likely N-dealkylation sites (tertiary alicyclic amines) is 1. The number of H-pyrrole nitrogens is 1. The number of furan rings is 1. The number of carbonyl (C=O) groups is 3. The lowest BCUT2D eigenvalue weighted by Crippen LogP contribution is -2.65. The normalized spacial score (nSPS) is 21.1. The van der Waals surface area contributed by atoms with Crippen LogP contribution in [0, 0.1) is 25.2 Å². The van der Waals surface area contributed by atoms with Crippen LogP contribution >= 0.6 is 0 Å². The van der Waals surface area contributed by atoms with Crippen LogP contribution in [0.1, 0.15) is 63.9 Å². The van der Waals surface area contributed by atoms with E-state index in [0.29, 0.717) is 51.3 Å². The first-order chi connectivity index (χ1) is 19.6. The third kappa shape index (κ3) is 6.66. The number of fused-ring (bicyclic) bond motifs is 1. The van der Waals surface area contributed by atoms with Gasteiger partial charge in [-0.2, -0.15) is 0 Å². The minimum Gasteiger partial charge on any atom is -0.460 e. The van der Waals surface area contributed by atoms with Gasteiger partial charge in [-0.25, -0.2) is 0 Å². The maximum atomic E-state index is 11.1. The largest absolute Gasteiger partial charge is 0.460 e. The summed E-state index contributed by atoms with van der Waals surface area (Å²) in [6.07, 6.45) is 10.1. The molecule has 4 aliphatic rings. The summed E-state index contributed by atoms with van der Waals surface area (Å²) in [5, 5.41) is 14.2. The van der Waals surface area contributed by atoms with Crippen LogP contribution in [-0.2, 0) is 4.79 Å². The second kappa shape index (κ2) is 12.7. The molecule has 2 bridgehead atoms. The molecular formula is C31H39N5O5. The summed E-state index contributed by atoms with van der Waals surface area (Å²) < 4.78 is 11.5. The van der Waals surface area contributed by atoms with E-state index in [-0.39, 0.29) is 5.91 Å². The number of aromatic amines is 1. The molecule has 218 valence electrons. The van der Waals surface area contributed by atoms with E-state index in [9.17, 15) is 14.4 Å². The summed E-state index contributed by atoms with van der Waals surface area (Å²) in [6, 6.07) is 5.57. The van der Waals surface area contributed by atoms with Crippen LogP contribution in [-0.4, -0.2) is 73.3 Å². The number of ether oxygens (including phenoxy) is 1. The number of hydrogen-bond donors (Lipinski definition) is 4. The van der Waals surface area contributed by atoms with E-state index < -0.39 is 0 Å². The number of aromatic nitrogens is 1. The van der Waals surface area contributed by atoms with Gasteiger partial charge in [0.05, 0.1) is 17.3 Å². The Bertz CT molecular complexity index is 1440. The number of aldehydes is 2. The van der Waals surface area contributed by atoms with Gasteiger partial charge in [0, 0.05) is 61.1 Å². The van der Waals surface area contributed by atoms with Crippen LogP contribution in [0.2, 0.25) is 0 Å². The molecule has 10 nitrogen and oxygen atoms in total. The summed E-state index contributed by atoms with van der Waals surface area (Å²) in [6.45, 7) is 7.08. The van der Waals surface area contributed by atoms with Crippen molar-refractivity contribution in [3.63, 3.8) is 0 Å². The molecule has 4 fully saturated rings. The molecule has 1 aliphatic heterocycles. The van der Waals surface area contributed by atoms with Crippen molar-refractivity contribution in [1.29, 1.82) is 5.41 Å². The topological polar surface area (TPSA) is 141 Å². The van der Waals surface area contributed by atoms with Crippen molar-refractivity contribution in [1.82, 2.24) is 20.5 Å². The van der Waals surface area contributed by atoms with Gasteiger partial charge in [-0.15, -0.1) is 0 Å². The first-order valence-electron chi connectivity index (χ1n) is 13.8. The highest BCUT2D eigenvalue weighted by Crippen LogP contribution is 2.56. The average molecular weight is 562 g/mol. The average Bonchev–Trinajstić information content (AvgIpc) is 3.39. The zero-order valence-corrected chi connectivity index (χ0v) is 24.3. The minimum atomic E-state index is 0.0769. The number of nitrogens with zero attached hydrogens (tertiary/aromatic N) is 1. The SMILES string of the molecule is CC(=O)NC1CN(C)C1.CNC12CC(C1)C2.Cc1oc2cc(O/C(=C/C=N)c3[nH]cc(C=O)c3C)ccc2c1C=O. The van der Waals surface area contributed by atoms with Gasteiger partial charge in [0.15, 0.2) is 18.3 Å². The van der Waals surface area contributed by atoms with Gasteiger partial charge in [-0.3, -0.25) is 14.4 Å². The monoisotopic (exact) mass is 561 g/mol. The maximum absolute atomic E-state index is 11.1. The number of rotatable bonds is 8. The smallest absolute Gasteiger partial charge is 0.217 e. The third-order valence-electron chi connectivity index (χ3n) is 8.06. The molecule has 0 radical (unpaired) electrons. The number of allylic oxidation sites excluding steroid dienone is 1. The Balaban J connectivity index is 0.000000194. The van der Waals surface area contributed by atoms with Crippen LogP contribution in [0.25, 0.3) is 16.7 Å². The van der Waals surface area contributed by atoms with Crippen molar-refractivity contribution in [3.05, 3.63) is 58.6 Å². The predicted octanol–water partition coefficient (Wildman–Crippen LogP) is 4.27. The molecule has 3 heterocycles. The number of aryl methyl sites for hydroxylation is 1. The van der Waals surface area contributed by atoms with E-state index >= 15 is 0 Å². The van der Waals surface area contributed by atoms with Crippen LogP contribution in [0.5, 0.6) is 5.75 Å². The quantitative estimate of drug-likeness (QED) is 0.183. The van der Waals surface area contributed by atoms with Gasteiger partial charge >= 0.3 is 0 Å². The molecule has 2 aromatic heterocycles. The third-order valence-corrected chi connectivity index (χ3v) is 8.06. The number of benzene rings is 1.